The van der Waals surface area contributed by atoms with Gasteiger partial charge in [-0.25, -0.2) is 9.18 Å². The van der Waals surface area contributed by atoms with E-state index in [1.165, 1.54) is 10.9 Å². The molecule has 1 fully saturated rings. The molecule has 2 heterocycles. The minimum absolute atomic E-state index is 0.0861. The van der Waals surface area contributed by atoms with Crippen LogP contribution in [0, 0.1) is 18.3 Å². The summed E-state index contributed by atoms with van der Waals surface area (Å²) in [6.45, 7) is 7.22. The number of primary amides is 1. The highest BCUT2D eigenvalue weighted by Gasteiger charge is 2.46. The molecule has 1 aromatic heterocycles. The second kappa shape index (κ2) is 11.4. The predicted molar refractivity (Wildman–Crippen MR) is 122 cm³/mol. The van der Waals surface area contributed by atoms with Crippen LogP contribution in [0.25, 0.3) is 0 Å². The lowest BCUT2D eigenvalue weighted by molar-refractivity contribution is 0.00694. The third-order valence-corrected chi connectivity index (χ3v) is 5.62. The van der Waals surface area contributed by atoms with E-state index in [9.17, 15) is 14.9 Å². The van der Waals surface area contributed by atoms with Crippen molar-refractivity contribution in [2.45, 2.75) is 51.9 Å². The monoisotopic (exact) mass is 458 g/mol. The van der Waals surface area contributed by atoms with Crippen molar-refractivity contribution in [3.63, 3.8) is 0 Å². The first kappa shape index (κ1) is 25.8. The van der Waals surface area contributed by atoms with Gasteiger partial charge in [0.15, 0.2) is 5.82 Å². The molecule has 0 radical (unpaired) electrons. The molecular formula is C23H31FN6O3. The molecule has 2 atom stereocenters. The van der Waals surface area contributed by atoms with Crippen LogP contribution >= 0.6 is 0 Å². The van der Waals surface area contributed by atoms with Crippen LogP contribution in [0.1, 0.15) is 48.2 Å². The Hall–Kier alpha value is -3.45. The van der Waals surface area contributed by atoms with Crippen molar-refractivity contribution in [2.75, 3.05) is 25.5 Å². The van der Waals surface area contributed by atoms with Crippen molar-refractivity contribution >= 4 is 17.8 Å². The number of methoxy groups -OCH3 is 1. The van der Waals surface area contributed by atoms with Gasteiger partial charge in [-0.05, 0) is 18.9 Å². The van der Waals surface area contributed by atoms with E-state index in [2.05, 4.69) is 15.2 Å². The van der Waals surface area contributed by atoms with Gasteiger partial charge in [0.2, 0.25) is 0 Å². The summed E-state index contributed by atoms with van der Waals surface area (Å²) in [6.07, 6.45) is -0.840. The molecule has 1 aliphatic heterocycles. The van der Waals surface area contributed by atoms with E-state index < -0.39 is 23.7 Å². The fourth-order valence-electron chi connectivity index (χ4n) is 3.79. The third kappa shape index (κ3) is 5.87. The first-order valence-corrected chi connectivity index (χ1v) is 10.8. The summed E-state index contributed by atoms with van der Waals surface area (Å²) in [5, 5.41) is 15.9. The second-order valence-electron chi connectivity index (χ2n) is 7.69. The maximum absolute atomic E-state index is 15.6. The van der Waals surface area contributed by atoms with E-state index in [1.54, 1.807) is 0 Å². The van der Waals surface area contributed by atoms with Gasteiger partial charge in [0.1, 0.15) is 17.3 Å². The largest absolute Gasteiger partial charge is 0.453 e. The molecule has 0 bridgehead atoms. The van der Waals surface area contributed by atoms with Crippen molar-refractivity contribution in [2.24, 2.45) is 5.73 Å². The first-order chi connectivity index (χ1) is 15.8. The molecule has 0 aliphatic carbocycles. The van der Waals surface area contributed by atoms with Crippen LogP contribution in [-0.2, 0) is 16.8 Å². The van der Waals surface area contributed by atoms with Gasteiger partial charge in [-0.1, -0.05) is 43.7 Å². The summed E-state index contributed by atoms with van der Waals surface area (Å²) >= 11 is 0. The zero-order valence-electron chi connectivity index (χ0n) is 19.5. The molecule has 3 N–H and O–H groups in total. The van der Waals surface area contributed by atoms with E-state index in [1.807, 2.05) is 56.0 Å². The molecule has 1 aromatic carbocycles. The van der Waals surface area contributed by atoms with Gasteiger partial charge in [-0.15, -0.1) is 0 Å². The van der Waals surface area contributed by atoms with Gasteiger partial charge in [-0.3, -0.25) is 19.7 Å². The molecule has 0 spiro atoms. The van der Waals surface area contributed by atoms with Gasteiger partial charge in [-0.2, -0.15) is 10.4 Å². The Kier molecular flexibility index (Phi) is 8.94. The molecule has 9 nitrogen and oxygen atoms in total. The maximum atomic E-state index is 15.6. The number of hydrogen-bond donors (Lipinski definition) is 2. The number of nitrogens with one attached hydrogen (secondary N) is 1. The van der Waals surface area contributed by atoms with Crippen LogP contribution in [0.2, 0.25) is 0 Å². The average Bonchev–Trinajstić information content (AvgIpc) is 3.23. The highest BCUT2D eigenvalue weighted by Crippen LogP contribution is 2.37. The highest BCUT2D eigenvalue weighted by molar-refractivity contribution is 6.00. The molecule has 1 saturated heterocycles. The number of piperidine rings is 1. The van der Waals surface area contributed by atoms with E-state index in [0.717, 1.165) is 18.2 Å². The number of ether oxygens (including phenoxy) is 1. The number of halogens is 1. The summed E-state index contributed by atoms with van der Waals surface area (Å²) in [5.41, 5.74) is 6.25. The molecular weight excluding hydrogens is 427 g/mol. The number of nitriles is 1. The van der Waals surface area contributed by atoms with Crippen LogP contribution in [0.15, 0.2) is 30.5 Å². The standard InChI is InChI=1S/C21H25FN6O3.C2H6/c1-14-3-5-15(6-4-14)11-27-10-8-21(7-9-23,17(22)13-27)28-12-16(18(24)29)19(26-28)25-20(30)31-2;1-2/h3-6,12,17H,7-8,10-11,13H2,1-2H3,(H2,24,29)(H,25,26,30);1-2H3. The van der Waals surface area contributed by atoms with E-state index in [-0.39, 0.29) is 24.3 Å². The van der Waals surface area contributed by atoms with Crippen molar-refractivity contribution in [1.82, 2.24) is 14.7 Å². The van der Waals surface area contributed by atoms with Crippen LogP contribution in [-0.4, -0.2) is 53.1 Å². The topological polar surface area (TPSA) is 126 Å². The predicted octanol–water partition coefficient (Wildman–Crippen LogP) is 3.35. The Bertz CT molecular complexity index is 1000. The normalized spacial score (nSPS) is 20.2. The molecule has 10 heteroatoms. The fourth-order valence-corrected chi connectivity index (χ4v) is 3.79. The van der Waals surface area contributed by atoms with Gasteiger partial charge < -0.3 is 10.5 Å². The molecule has 2 amide bonds. The van der Waals surface area contributed by atoms with Crippen molar-refractivity contribution in [3.05, 3.63) is 47.2 Å². The lowest BCUT2D eigenvalue weighted by Gasteiger charge is -2.43. The molecule has 0 saturated carbocycles. The zero-order chi connectivity index (χ0) is 24.6. The number of carbonyl (C=O) groups excluding carboxylic acids is 2. The van der Waals surface area contributed by atoms with Gasteiger partial charge in [0, 0.05) is 25.8 Å². The van der Waals surface area contributed by atoms with Crippen LogP contribution in [0.4, 0.5) is 15.0 Å². The smallest absolute Gasteiger partial charge is 0.412 e. The summed E-state index contributed by atoms with van der Waals surface area (Å²) in [6, 6.07) is 10.1. The van der Waals surface area contributed by atoms with Crippen LogP contribution in [0.5, 0.6) is 0 Å². The Labute approximate surface area is 193 Å². The lowest BCUT2D eigenvalue weighted by atomic mass is 9.83. The lowest BCUT2D eigenvalue weighted by Crippen LogP contribution is -2.54. The number of likely N-dealkylation sites (tertiary alicyclic amines) is 1. The number of nitrogens with zero attached hydrogens (tertiary/aromatic N) is 4. The van der Waals surface area contributed by atoms with Crippen molar-refractivity contribution in [3.8, 4) is 6.07 Å². The quantitative estimate of drug-likeness (QED) is 0.684. The summed E-state index contributed by atoms with van der Waals surface area (Å²) in [5.74, 6) is -0.970. The van der Waals surface area contributed by atoms with Crippen molar-refractivity contribution in [1.29, 1.82) is 5.26 Å². The van der Waals surface area contributed by atoms with E-state index in [0.29, 0.717) is 19.5 Å². The number of nitrogens with two attached hydrogens (primary N) is 1. The SMILES string of the molecule is CC.COC(=O)Nc1nn(C2(CC#N)CCN(Cc3ccc(C)cc3)CC2F)cc1C(N)=O. The number of hydrogen-bond acceptors (Lipinski definition) is 6. The fraction of sp³-hybridized carbons (Fsp3) is 0.478. The van der Waals surface area contributed by atoms with Gasteiger partial charge in [0.25, 0.3) is 5.91 Å². The summed E-state index contributed by atoms with van der Waals surface area (Å²) in [7, 11) is 1.16. The van der Waals surface area contributed by atoms with Crippen LogP contribution in [0.3, 0.4) is 0 Å². The third-order valence-electron chi connectivity index (χ3n) is 5.62. The molecule has 178 valence electrons. The summed E-state index contributed by atoms with van der Waals surface area (Å²) < 4.78 is 21.4. The number of rotatable bonds is 6. The van der Waals surface area contributed by atoms with Gasteiger partial charge in [0.05, 0.1) is 19.6 Å². The number of benzene rings is 1. The molecule has 3 rings (SSSR count). The minimum Gasteiger partial charge on any atom is -0.453 e. The zero-order valence-corrected chi connectivity index (χ0v) is 19.5. The Morgan fingerprint density at radius 1 is 1.36 bits per heavy atom. The number of aryl methyl sites for hydroxylation is 1. The number of amides is 2. The Balaban J connectivity index is 0.00000187. The summed E-state index contributed by atoms with van der Waals surface area (Å²) in [4.78, 5) is 25.4. The Morgan fingerprint density at radius 2 is 2.03 bits per heavy atom. The number of aromatic nitrogens is 2. The molecule has 1 aliphatic rings. The van der Waals surface area contributed by atoms with Gasteiger partial charge >= 0.3 is 6.09 Å². The maximum Gasteiger partial charge on any atom is 0.412 e. The number of alkyl halides is 1. The molecule has 33 heavy (non-hydrogen) atoms. The minimum atomic E-state index is -1.43. The molecule has 2 aromatic rings. The first-order valence-electron chi connectivity index (χ1n) is 10.8. The molecule has 2 unspecified atom stereocenters. The van der Waals surface area contributed by atoms with Crippen LogP contribution < -0.4 is 11.1 Å². The average molecular weight is 459 g/mol. The number of anilines is 1. The second-order valence-corrected chi connectivity index (χ2v) is 7.69. The van der Waals surface area contributed by atoms with E-state index in [4.69, 9.17) is 5.73 Å². The highest BCUT2D eigenvalue weighted by atomic mass is 19.1. The van der Waals surface area contributed by atoms with E-state index >= 15 is 4.39 Å². The Morgan fingerprint density at radius 3 is 2.58 bits per heavy atom. The number of carbonyl (C=O) groups is 2. The van der Waals surface area contributed by atoms with Crippen molar-refractivity contribution < 1.29 is 18.7 Å².